The molecule has 0 saturated carbocycles. The van der Waals surface area contributed by atoms with E-state index in [1.807, 2.05) is 0 Å². The van der Waals surface area contributed by atoms with E-state index >= 15 is 0 Å². The lowest BCUT2D eigenvalue weighted by molar-refractivity contribution is 0.316. The molecule has 2 aliphatic rings. The van der Waals surface area contributed by atoms with Crippen LogP contribution in [0.5, 0.6) is 0 Å². The van der Waals surface area contributed by atoms with Crippen molar-refractivity contribution in [3.05, 3.63) is 292 Å². The Morgan fingerprint density at radius 2 is 0.861 bits per heavy atom. The summed E-state index contributed by atoms with van der Waals surface area (Å²) in [6.07, 6.45) is 17.6. The Kier molecular flexibility index (Phi) is 14.8. The van der Waals surface area contributed by atoms with Gasteiger partial charge in [-0.15, -0.1) is 0 Å². The SMILES string of the molecule is CC(C)(C1=CCC(C)(N(C2=CC=C(C(C)(C)c3ccccc3)CC2)P(CCC(c2ccc(C(C)(C)c3ccccc3)cc2)c2ccc(C(C)(C)c3ccccc3)cc2)c2ccccc2)C=C1)c1ccccc1. The van der Waals surface area contributed by atoms with Gasteiger partial charge in [-0.1, -0.05) is 285 Å². The Balaban J connectivity index is 1.12. The molecular formula is C70H76NP. The van der Waals surface area contributed by atoms with Crippen molar-refractivity contribution in [3.63, 3.8) is 0 Å². The van der Waals surface area contributed by atoms with Gasteiger partial charge in [0, 0.05) is 41.3 Å². The van der Waals surface area contributed by atoms with Gasteiger partial charge in [0.1, 0.15) is 0 Å². The van der Waals surface area contributed by atoms with Crippen molar-refractivity contribution in [3.8, 4) is 0 Å². The molecule has 2 heteroatoms. The Morgan fingerprint density at radius 1 is 0.458 bits per heavy atom. The highest BCUT2D eigenvalue weighted by atomic mass is 31.1. The second kappa shape index (κ2) is 21.1. The van der Waals surface area contributed by atoms with Crippen LogP contribution in [0.2, 0.25) is 0 Å². The van der Waals surface area contributed by atoms with Crippen molar-refractivity contribution in [2.45, 2.75) is 121 Å². The predicted molar refractivity (Wildman–Crippen MR) is 311 cm³/mol. The van der Waals surface area contributed by atoms with Gasteiger partial charge in [0.2, 0.25) is 0 Å². The molecule has 2 atom stereocenters. The fourth-order valence-electron chi connectivity index (χ4n) is 11.5. The summed E-state index contributed by atoms with van der Waals surface area (Å²) in [5.74, 6) is 0.203. The second-order valence-electron chi connectivity index (χ2n) is 22.7. The molecule has 2 aliphatic carbocycles. The first kappa shape index (κ1) is 50.7. The number of allylic oxidation sites excluding steroid dienone is 6. The summed E-state index contributed by atoms with van der Waals surface area (Å²) in [6.45, 7) is 21.5. The lowest BCUT2D eigenvalue weighted by Gasteiger charge is -2.49. The molecule has 0 radical (unpaired) electrons. The molecule has 0 N–H and O–H groups in total. The normalized spacial score (nSPS) is 16.9. The molecule has 0 amide bonds. The highest BCUT2D eigenvalue weighted by Gasteiger charge is 2.40. The van der Waals surface area contributed by atoms with E-state index in [0.29, 0.717) is 0 Å². The lowest BCUT2D eigenvalue weighted by Crippen LogP contribution is -2.44. The van der Waals surface area contributed by atoms with Gasteiger partial charge in [-0.05, 0) is 100 Å². The molecule has 0 aromatic heterocycles. The highest BCUT2D eigenvalue weighted by molar-refractivity contribution is 7.63. The van der Waals surface area contributed by atoms with E-state index in [4.69, 9.17) is 0 Å². The average Bonchev–Trinajstić information content (AvgIpc) is 3.42. The van der Waals surface area contributed by atoms with Crippen LogP contribution in [0, 0.1) is 0 Å². The van der Waals surface area contributed by atoms with Crippen LogP contribution in [0.3, 0.4) is 0 Å². The third kappa shape index (κ3) is 10.5. The van der Waals surface area contributed by atoms with Gasteiger partial charge in [-0.2, -0.15) is 0 Å². The Bertz CT molecular complexity index is 2920. The molecule has 0 heterocycles. The summed E-state index contributed by atoms with van der Waals surface area (Å²) < 4.78 is 2.92. The second-order valence-corrected chi connectivity index (χ2v) is 24.9. The Morgan fingerprint density at radius 3 is 1.26 bits per heavy atom. The fraction of sp³-hybridized carbons (Fsp3) is 0.286. The Hall–Kier alpha value is -6.27. The smallest absolute Gasteiger partial charge is 0.0629 e. The van der Waals surface area contributed by atoms with E-state index in [-0.39, 0.29) is 33.1 Å². The molecule has 0 saturated heterocycles. The van der Waals surface area contributed by atoms with Gasteiger partial charge in [0.25, 0.3) is 0 Å². The molecule has 9 rings (SSSR count). The van der Waals surface area contributed by atoms with Crippen molar-refractivity contribution in [1.82, 2.24) is 4.67 Å². The van der Waals surface area contributed by atoms with Crippen molar-refractivity contribution < 1.29 is 0 Å². The third-order valence-electron chi connectivity index (χ3n) is 16.7. The maximum absolute atomic E-state index is 2.92. The summed E-state index contributed by atoms with van der Waals surface area (Å²) in [5.41, 5.74) is 14.5. The average molecular weight is 962 g/mol. The molecular weight excluding hydrogens is 886 g/mol. The van der Waals surface area contributed by atoms with Crippen LogP contribution in [-0.4, -0.2) is 16.4 Å². The minimum atomic E-state index is -0.854. The number of hydrogen-bond donors (Lipinski definition) is 0. The van der Waals surface area contributed by atoms with Gasteiger partial charge in [-0.3, -0.25) is 0 Å². The van der Waals surface area contributed by atoms with Crippen molar-refractivity contribution in [2.75, 3.05) is 6.16 Å². The molecule has 7 aromatic rings. The highest BCUT2D eigenvalue weighted by Crippen LogP contribution is 2.54. The molecule has 0 fully saturated rings. The van der Waals surface area contributed by atoms with Gasteiger partial charge in [0.15, 0.2) is 0 Å². The first-order valence-corrected chi connectivity index (χ1v) is 27.9. The molecule has 366 valence electrons. The van der Waals surface area contributed by atoms with Crippen LogP contribution in [-0.2, 0) is 21.7 Å². The number of nitrogens with zero attached hydrogens (tertiary/aromatic N) is 1. The van der Waals surface area contributed by atoms with Crippen LogP contribution in [0.15, 0.2) is 247 Å². The molecule has 0 spiro atoms. The van der Waals surface area contributed by atoms with E-state index in [2.05, 4.69) is 298 Å². The van der Waals surface area contributed by atoms with Crippen molar-refractivity contribution >= 4 is 13.4 Å². The largest absolute Gasteiger partial charge is 0.340 e. The van der Waals surface area contributed by atoms with Crippen molar-refractivity contribution in [2.24, 2.45) is 0 Å². The van der Waals surface area contributed by atoms with E-state index < -0.39 is 8.07 Å². The van der Waals surface area contributed by atoms with E-state index in [1.54, 1.807) is 0 Å². The first-order chi connectivity index (χ1) is 34.6. The van der Waals surface area contributed by atoms with E-state index in [1.165, 1.54) is 66.7 Å². The van der Waals surface area contributed by atoms with Gasteiger partial charge in [0.05, 0.1) is 5.54 Å². The first-order valence-electron chi connectivity index (χ1n) is 26.4. The summed E-state index contributed by atoms with van der Waals surface area (Å²) >= 11 is 0. The predicted octanol–water partition coefficient (Wildman–Crippen LogP) is 18.1. The van der Waals surface area contributed by atoms with E-state index in [9.17, 15) is 0 Å². The monoisotopic (exact) mass is 962 g/mol. The standard InChI is InChI=1S/C70H76NP/c1-66(2,55-25-15-10-16-26-55)59-39-35-53(36-40-59)65(54-37-41-60(42-38-54)67(3,4)56-27-17-11-18-28-56)49-52-72(64-33-23-14-24-34-64)71(63-45-43-61(44-46-63)68(5,6)57-29-19-12-20-30-57)70(9)50-47-62(48-51-70)69(7,8)58-31-21-13-22-32-58/h10-43,45,47-48,50,65H,44,46,49,51-52H2,1-9H3. The number of benzene rings is 7. The minimum Gasteiger partial charge on any atom is -0.340 e. The molecule has 72 heavy (non-hydrogen) atoms. The number of hydrogen-bond acceptors (Lipinski definition) is 1. The van der Waals surface area contributed by atoms with Crippen molar-refractivity contribution in [1.29, 1.82) is 0 Å². The zero-order valence-electron chi connectivity index (χ0n) is 44.4. The lowest BCUT2D eigenvalue weighted by atomic mass is 9.73. The summed E-state index contributed by atoms with van der Waals surface area (Å²) in [5, 5.41) is 1.43. The maximum atomic E-state index is 2.92. The zero-order valence-corrected chi connectivity index (χ0v) is 45.3. The fourth-order valence-corrected chi connectivity index (χ4v) is 14.4. The Labute approximate surface area is 435 Å². The summed E-state index contributed by atoms with van der Waals surface area (Å²) in [6, 6.07) is 74.9. The molecule has 1 nitrogen and oxygen atoms in total. The maximum Gasteiger partial charge on any atom is 0.0629 e. The van der Waals surface area contributed by atoms with Gasteiger partial charge >= 0.3 is 0 Å². The van der Waals surface area contributed by atoms with Crippen LogP contribution in [0.25, 0.3) is 0 Å². The summed E-state index contributed by atoms with van der Waals surface area (Å²) in [7, 11) is -0.854. The van der Waals surface area contributed by atoms with Crippen LogP contribution in [0.1, 0.15) is 138 Å². The van der Waals surface area contributed by atoms with Crippen LogP contribution in [0.4, 0.5) is 0 Å². The number of rotatable bonds is 17. The molecule has 7 aromatic carbocycles. The van der Waals surface area contributed by atoms with Crippen LogP contribution < -0.4 is 5.30 Å². The third-order valence-corrected chi connectivity index (χ3v) is 19.5. The van der Waals surface area contributed by atoms with Crippen LogP contribution >= 0.6 is 8.07 Å². The molecule has 0 bridgehead atoms. The quantitative estimate of drug-likeness (QED) is 0.0822. The molecule has 0 aliphatic heterocycles. The van der Waals surface area contributed by atoms with Gasteiger partial charge in [-0.25, -0.2) is 0 Å². The zero-order chi connectivity index (χ0) is 50.6. The minimum absolute atomic E-state index is 0.0570. The topological polar surface area (TPSA) is 3.24 Å². The summed E-state index contributed by atoms with van der Waals surface area (Å²) in [4.78, 5) is 0. The van der Waals surface area contributed by atoms with Gasteiger partial charge < -0.3 is 4.67 Å². The molecule has 2 unspecified atom stereocenters. The van der Waals surface area contributed by atoms with E-state index in [0.717, 1.165) is 31.8 Å².